The van der Waals surface area contributed by atoms with Crippen molar-refractivity contribution in [2.75, 3.05) is 0 Å². The van der Waals surface area contributed by atoms with Crippen LogP contribution in [0.1, 0.15) is 94.0 Å². The van der Waals surface area contributed by atoms with E-state index in [1.54, 1.807) is 62.4 Å². The lowest BCUT2D eigenvalue weighted by atomic mass is 9.82. The summed E-state index contributed by atoms with van der Waals surface area (Å²) >= 11 is 0. The maximum Gasteiger partial charge on any atom is 0.269 e. The molecule has 0 fully saturated rings. The first-order valence-corrected chi connectivity index (χ1v) is 14.3. The molecule has 10 heteroatoms. The molecule has 0 saturated heterocycles. The van der Waals surface area contributed by atoms with Crippen LogP contribution in [0.25, 0.3) is 0 Å². The number of primary amides is 1. The van der Waals surface area contributed by atoms with Gasteiger partial charge in [0.2, 0.25) is 0 Å². The SMILES string of the molecule is CC1=C(Cc2ccc(C(N)=O)nn2)C(=O)c2ccc(Cc3nnc(CC4=C(C)C(=O)c5ccccc5C4=O)cc3C)cc2C1=O. The van der Waals surface area contributed by atoms with Gasteiger partial charge in [0.1, 0.15) is 0 Å². The molecule has 0 saturated carbocycles. The van der Waals surface area contributed by atoms with Crippen LogP contribution in [0.15, 0.2) is 83.0 Å². The Balaban J connectivity index is 1.20. The van der Waals surface area contributed by atoms with E-state index in [-0.39, 0.29) is 41.7 Å². The highest BCUT2D eigenvalue weighted by atomic mass is 16.2. The molecule has 2 N–H and O–H groups in total. The standard InChI is InChI=1S/C35H27N5O5/c1-17-12-22(16-27-18(2)31(41)23-6-4-5-7-24(23)33(27)43)38-40-30(17)14-20-8-10-25-28(13-20)32(42)19(3)26(34(25)44)15-21-9-11-29(35(36)45)39-37-21/h4-13H,14-16H2,1-3H3,(H2,36,45). The third-order valence-corrected chi connectivity index (χ3v) is 8.32. The summed E-state index contributed by atoms with van der Waals surface area (Å²) in [4.78, 5) is 64.1. The second-order valence-corrected chi connectivity index (χ2v) is 11.2. The Labute approximate surface area is 258 Å². The number of rotatable bonds is 7. The van der Waals surface area contributed by atoms with Crippen LogP contribution in [0.3, 0.4) is 0 Å². The van der Waals surface area contributed by atoms with E-state index in [0.717, 1.165) is 11.1 Å². The molecule has 0 spiro atoms. The molecule has 0 atom stereocenters. The van der Waals surface area contributed by atoms with E-state index in [1.165, 1.54) is 6.07 Å². The van der Waals surface area contributed by atoms with E-state index >= 15 is 0 Å². The minimum atomic E-state index is -0.705. The average Bonchev–Trinajstić information content (AvgIpc) is 3.04. The Morgan fingerprint density at radius 1 is 0.600 bits per heavy atom. The number of nitrogens with two attached hydrogens (primary N) is 1. The van der Waals surface area contributed by atoms with Crippen molar-refractivity contribution in [3.05, 3.63) is 139 Å². The molecule has 2 aromatic heterocycles. The number of aryl methyl sites for hydroxylation is 1. The maximum atomic E-state index is 13.4. The van der Waals surface area contributed by atoms with Gasteiger partial charge < -0.3 is 5.73 Å². The van der Waals surface area contributed by atoms with Gasteiger partial charge in [0.25, 0.3) is 5.91 Å². The number of ketones is 4. The molecule has 45 heavy (non-hydrogen) atoms. The summed E-state index contributed by atoms with van der Waals surface area (Å²) in [6.07, 6.45) is 0.647. The molecule has 2 aliphatic carbocycles. The molecule has 1 amide bonds. The van der Waals surface area contributed by atoms with E-state index in [0.29, 0.717) is 68.0 Å². The number of hydrogen-bond acceptors (Lipinski definition) is 9. The molecule has 0 unspecified atom stereocenters. The number of nitrogens with zero attached hydrogens (tertiary/aromatic N) is 4. The Morgan fingerprint density at radius 3 is 1.78 bits per heavy atom. The molecule has 6 rings (SSSR count). The fourth-order valence-corrected chi connectivity index (χ4v) is 5.70. The first kappa shape index (κ1) is 29.3. The predicted octanol–water partition coefficient (Wildman–Crippen LogP) is 4.14. The second kappa shape index (κ2) is 11.4. The van der Waals surface area contributed by atoms with Crippen molar-refractivity contribution in [3.8, 4) is 0 Å². The molecule has 0 aliphatic heterocycles. The Morgan fingerprint density at radius 2 is 1.18 bits per heavy atom. The van der Waals surface area contributed by atoms with E-state index in [4.69, 9.17) is 5.73 Å². The number of allylic oxidation sites excluding steroid dienone is 4. The summed E-state index contributed by atoms with van der Waals surface area (Å²) in [5, 5.41) is 16.5. The maximum absolute atomic E-state index is 13.4. The fraction of sp³-hybridized carbons (Fsp3) is 0.171. The zero-order valence-electron chi connectivity index (χ0n) is 24.8. The topological polar surface area (TPSA) is 163 Å². The van der Waals surface area contributed by atoms with Crippen LogP contribution in [-0.4, -0.2) is 49.4 Å². The summed E-state index contributed by atoms with van der Waals surface area (Å²) in [5.74, 6) is -1.56. The largest absolute Gasteiger partial charge is 0.364 e. The van der Waals surface area contributed by atoms with E-state index in [1.807, 2.05) is 13.0 Å². The third-order valence-electron chi connectivity index (χ3n) is 8.32. The summed E-state index contributed by atoms with van der Waals surface area (Å²) in [6.45, 7) is 5.17. The van der Waals surface area contributed by atoms with Gasteiger partial charge in [-0.15, -0.1) is 5.10 Å². The summed E-state index contributed by atoms with van der Waals surface area (Å²) in [7, 11) is 0. The van der Waals surface area contributed by atoms with E-state index in [2.05, 4.69) is 20.4 Å². The molecular formula is C35H27N5O5. The Bertz CT molecular complexity index is 2060. The number of benzene rings is 2. The van der Waals surface area contributed by atoms with Crippen molar-refractivity contribution in [2.45, 2.75) is 40.0 Å². The molecule has 2 aromatic carbocycles. The van der Waals surface area contributed by atoms with Crippen LogP contribution >= 0.6 is 0 Å². The van der Waals surface area contributed by atoms with Gasteiger partial charge in [-0.1, -0.05) is 36.4 Å². The quantitative estimate of drug-likeness (QED) is 0.330. The monoisotopic (exact) mass is 597 g/mol. The first-order chi connectivity index (χ1) is 21.5. The zero-order valence-corrected chi connectivity index (χ0v) is 24.8. The summed E-state index contributed by atoms with van der Waals surface area (Å²) < 4.78 is 0. The normalized spacial score (nSPS) is 14.6. The highest BCUT2D eigenvalue weighted by molar-refractivity contribution is 6.27. The Hall–Kier alpha value is -5.77. The van der Waals surface area contributed by atoms with Crippen LogP contribution < -0.4 is 5.73 Å². The van der Waals surface area contributed by atoms with Gasteiger partial charge in [0.15, 0.2) is 28.8 Å². The molecule has 0 radical (unpaired) electrons. The molecule has 2 heterocycles. The van der Waals surface area contributed by atoms with Crippen LogP contribution in [0, 0.1) is 6.92 Å². The minimum absolute atomic E-state index is 0.0115. The molecule has 222 valence electrons. The molecule has 10 nitrogen and oxygen atoms in total. The Kier molecular flexibility index (Phi) is 7.41. The van der Waals surface area contributed by atoms with Gasteiger partial charge in [-0.05, 0) is 56.2 Å². The number of hydrogen-bond donors (Lipinski definition) is 1. The number of Topliss-reactive ketones (excluding diaryl/α,β-unsaturated/α-hetero) is 4. The number of aromatic nitrogens is 4. The lowest BCUT2D eigenvalue weighted by molar-refractivity contribution is 0.0972. The van der Waals surface area contributed by atoms with Crippen molar-refractivity contribution < 1.29 is 24.0 Å². The van der Waals surface area contributed by atoms with Crippen LogP contribution in [0.4, 0.5) is 0 Å². The number of fused-ring (bicyclic) bond motifs is 2. The van der Waals surface area contributed by atoms with Crippen molar-refractivity contribution in [1.82, 2.24) is 20.4 Å². The van der Waals surface area contributed by atoms with Gasteiger partial charge in [-0.2, -0.15) is 15.3 Å². The van der Waals surface area contributed by atoms with Crippen molar-refractivity contribution >= 4 is 29.0 Å². The van der Waals surface area contributed by atoms with Crippen molar-refractivity contribution in [2.24, 2.45) is 5.73 Å². The highest BCUT2D eigenvalue weighted by Gasteiger charge is 2.31. The van der Waals surface area contributed by atoms with Crippen LogP contribution in [-0.2, 0) is 19.3 Å². The van der Waals surface area contributed by atoms with E-state index in [9.17, 15) is 24.0 Å². The minimum Gasteiger partial charge on any atom is -0.364 e. The first-order valence-electron chi connectivity index (χ1n) is 14.3. The average molecular weight is 598 g/mol. The van der Waals surface area contributed by atoms with Gasteiger partial charge in [-0.25, -0.2) is 0 Å². The molecule has 4 aromatic rings. The van der Waals surface area contributed by atoms with Gasteiger partial charge in [0.05, 0.1) is 17.1 Å². The van der Waals surface area contributed by atoms with Crippen LogP contribution in [0.2, 0.25) is 0 Å². The molecular weight excluding hydrogens is 570 g/mol. The lowest BCUT2D eigenvalue weighted by Crippen LogP contribution is -2.23. The second-order valence-electron chi connectivity index (χ2n) is 11.2. The highest BCUT2D eigenvalue weighted by Crippen LogP contribution is 2.31. The smallest absolute Gasteiger partial charge is 0.269 e. The van der Waals surface area contributed by atoms with Gasteiger partial charge >= 0.3 is 0 Å². The van der Waals surface area contributed by atoms with E-state index < -0.39 is 5.91 Å². The summed E-state index contributed by atoms with van der Waals surface area (Å²) in [6, 6.07) is 16.8. The number of amides is 1. The third kappa shape index (κ3) is 5.31. The summed E-state index contributed by atoms with van der Waals surface area (Å²) in [5.41, 5.74) is 11.5. The number of carbonyl (C=O) groups is 5. The fourth-order valence-electron chi connectivity index (χ4n) is 5.70. The van der Waals surface area contributed by atoms with Crippen molar-refractivity contribution in [1.29, 1.82) is 0 Å². The van der Waals surface area contributed by atoms with Gasteiger partial charge in [-0.3, -0.25) is 24.0 Å². The molecule has 0 bridgehead atoms. The van der Waals surface area contributed by atoms with Crippen LogP contribution in [0.5, 0.6) is 0 Å². The predicted molar refractivity (Wildman–Crippen MR) is 163 cm³/mol. The van der Waals surface area contributed by atoms with Gasteiger partial charge in [0, 0.05) is 63.8 Å². The number of carbonyl (C=O) groups excluding carboxylic acids is 5. The van der Waals surface area contributed by atoms with Crippen molar-refractivity contribution in [3.63, 3.8) is 0 Å². The zero-order chi connectivity index (χ0) is 32.0. The molecule has 2 aliphatic rings. The lowest BCUT2D eigenvalue weighted by Gasteiger charge is -2.20.